The highest BCUT2D eigenvalue weighted by atomic mass is 16.3. The first kappa shape index (κ1) is 40.6. The van der Waals surface area contributed by atoms with E-state index in [9.17, 15) is 4.79 Å². The molecule has 0 spiro atoms. The van der Waals surface area contributed by atoms with Crippen LogP contribution in [-0.4, -0.2) is 47.3 Å². The predicted molar refractivity (Wildman–Crippen MR) is 153 cm³/mol. The summed E-state index contributed by atoms with van der Waals surface area (Å²) in [7, 11) is 0. The van der Waals surface area contributed by atoms with E-state index in [1.54, 1.807) is 0 Å². The molecule has 0 aromatic carbocycles. The second-order valence-corrected chi connectivity index (χ2v) is 12.2. The van der Waals surface area contributed by atoms with E-state index in [-0.39, 0.29) is 24.0 Å². The number of nitrogens with zero attached hydrogens (tertiary/aromatic N) is 1. The lowest BCUT2D eigenvalue weighted by atomic mass is 9.82. The Morgan fingerprint density at radius 1 is 0.794 bits per heavy atom. The van der Waals surface area contributed by atoms with Crippen LogP contribution in [0.3, 0.4) is 0 Å². The zero-order chi connectivity index (χ0) is 28.0. The molecule has 0 aliphatic carbocycles. The van der Waals surface area contributed by atoms with Gasteiger partial charge in [-0.15, -0.1) is 0 Å². The van der Waals surface area contributed by atoms with Crippen LogP contribution in [0.1, 0.15) is 135 Å². The minimum Gasteiger partial charge on any atom is -0.396 e. The molecule has 210 valence electrons. The highest BCUT2D eigenvalue weighted by molar-refractivity contribution is 5.76. The minimum atomic E-state index is 0.0972. The highest BCUT2D eigenvalue weighted by Crippen LogP contribution is 2.24. The Kier molecular flexibility index (Phi) is 28.7. The van der Waals surface area contributed by atoms with Gasteiger partial charge in [-0.25, -0.2) is 0 Å². The van der Waals surface area contributed by atoms with Crippen LogP contribution in [0.2, 0.25) is 0 Å². The van der Waals surface area contributed by atoms with E-state index in [1.807, 2.05) is 34.6 Å². The molecule has 0 bridgehead atoms. The van der Waals surface area contributed by atoms with Crippen LogP contribution >= 0.6 is 0 Å². The van der Waals surface area contributed by atoms with Crippen LogP contribution in [0.15, 0.2) is 0 Å². The van der Waals surface area contributed by atoms with Crippen LogP contribution in [-0.2, 0) is 4.79 Å². The number of aliphatic hydroxyl groups is 2. The Morgan fingerprint density at radius 3 is 1.53 bits per heavy atom. The SMILES string of the molecule is CC.CC(C)(C)CO.CC(C)C(C)(C)CO.CCCCN(CC(C)C)C(=O)CCCCC(C)C. The second-order valence-electron chi connectivity index (χ2n) is 12.2. The van der Waals surface area contributed by atoms with Gasteiger partial charge in [-0.3, -0.25) is 4.79 Å². The van der Waals surface area contributed by atoms with Crippen molar-refractivity contribution in [3.8, 4) is 0 Å². The number of unbranched alkanes of at least 4 members (excludes halogenated alkanes) is 2. The fourth-order valence-corrected chi connectivity index (χ4v) is 2.28. The third-order valence-corrected chi connectivity index (χ3v) is 5.59. The molecule has 0 unspecified atom stereocenters. The molecule has 0 saturated heterocycles. The summed E-state index contributed by atoms with van der Waals surface area (Å²) in [5, 5.41) is 17.2. The zero-order valence-corrected chi connectivity index (χ0v) is 26.1. The zero-order valence-electron chi connectivity index (χ0n) is 26.1. The number of rotatable bonds is 12. The average molecular weight is 490 g/mol. The van der Waals surface area contributed by atoms with Gasteiger partial charge in [-0.05, 0) is 41.4 Å². The summed E-state index contributed by atoms with van der Waals surface area (Å²) in [6.07, 6.45) is 6.51. The standard InChI is InChI=1S/C16H33NO.C7H16O.C5H12O.C2H6/c1-6-7-12-17(13-15(4)5)16(18)11-9-8-10-14(2)3;1-6(2)7(3,4)5-8;1-5(2,3)4-6;1-2/h14-15H,6-13H2,1-5H3;6,8H,5H2,1-4H3;6H,4H2,1-3H3;1-2H3. The van der Waals surface area contributed by atoms with Gasteiger partial charge in [-0.2, -0.15) is 0 Å². The van der Waals surface area contributed by atoms with Crippen molar-refractivity contribution < 1.29 is 15.0 Å². The molecular formula is C30H67NO3. The van der Waals surface area contributed by atoms with E-state index >= 15 is 0 Å². The van der Waals surface area contributed by atoms with Crippen molar-refractivity contribution in [3.05, 3.63) is 0 Å². The normalized spacial score (nSPS) is 11.3. The van der Waals surface area contributed by atoms with Crippen LogP contribution in [0.5, 0.6) is 0 Å². The number of amides is 1. The monoisotopic (exact) mass is 490 g/mol. The quantitative estimate of drug-likeness (QED) is 0.272. The number of aliphatic hydroxyl groups excluding tert-OH is 2. The minimum absolute atomic E-state index is 0.0972. The van der Waals surface area contributed by atoms with Crippen molar-refractivity contribution >= 4 is 5.91 Å². The molecule has 1 amide bonds. The van der Waals surface area contributed by atoms with Gasteiger partial charge < -0.3 is 15.1 Å². The first-order valence-electron chi connectivity index (χ1n) is 14.0. The molecule has 0 aromatic heterocycles. The van der Waals surface area contributed by atoms with E-state index in [1.165, 1.54) is 12.8 Å². The Bertz CT molecular complexity index is 423. The van der Waals surface area contributed by atoms with Gasteiger partial charge in [-0.1, -0.05) is 116 Å². The van der Waals surface area contributed by atoms with Gasteiger partial charge in [0, 0.05) is 32.7 Å². The van der Waals surface area contributed by atoms with Crippen LogP contribution in [0, 0.1) is 28.6 Å². The number of carbonyl (C=O) groups excluding carboxylic acids is 1. The predicted octanol–water partition coefficient (Wildman–Crippen LogP) is 8.20. The largest absolute Gasteiger partial charge is 0.396 e. The molecule has 2 N–H and O–H groups in total. The van der Waals surface area contributed by atoms with Gasteiger partial charge in [0.25, 0.3) is 0 Å². The molecule has 0 atom stereocenters. The van der Waals surface area contributed by atoms with Crippen LogP contribution < -0.4 is 0 Å². The van der Waals surface area contributed by atoms with Crippen molar-refractivity contribution in [2.75, 3.05) is 26.3 Å². The van der Waals surface area contributed by atoms with Crippen LogP contribution in [0.4, 0.5) is 0 Å². The molecule has 0 aromatic rings. The summed E-state index contributed by atoms with van der Waals surface area (Å²) < 4.78 is 0. The fraction of sp³-hybridized carbons (Fsp3) is 0.967. The van der Waals surface area contributed by atoms with Crippen molar-refractivity contribution in [1.29, 1.82) is 0 Å². The van der Waals surface area contributed by atoms with Gasteiger partial charge >= 0.3 is 0 Å². The lowest BCUT2D eigenvalue weighted by Gasteiger charge is -2.25. The van der Waals surface area contributed by atoms with E-state index < -0.39 is 0 Å². The molecular weight excluding hydrogens is 422 g/mol. The number of carbonyl (C=O) groups is 1. The molecule has 0 fully saturated rings. The average Bonchev–Trinajstić information content (AvgIpc) is 2.75. The molecule has 4 heteroatoms. The van der Waals surface area contributed by atoms with E-state index in [0.29, 0.717) is 17.7 Å². The van der Waals surface area contributed by atoms with Crippen molar-refractivity contribution in [1.82, 2.24) is 4.90 Å². The molecule has 0 saturated carbocycles. The summed E-state index contributed by atoms with van der Waals surface area (Å²) in [4.78, 5) is 14.2. The van der Waals surface area contributed by atoms with Gasteiger partial charge in [0.15, 0.2) is 0 Å². The van der Waals surface area contributed by atoms with E-state index in [4.69, 9.17) is 10.2 Å². The fourth-order valence-electron chi connectivity index (χ4n) is 2.28. The first-order valence-corrected chi connectivity index (χ1v) is 14.0. The van der Waals surface area contributed by atoms with Crippen LogP contribution in [0.25, 0.3) is 0 Å². The summed E-state index contributed by atoms with van der Waals surface area (Å²) in [5.74, 6) is 2.25. The van der Waals surface area contributed by atoms with Gasteiger partial charge in [0.1, 0.15) is 0 Å². The topological polar surface area (TPSA) is 60.8 Å². The molecule has 34 heavy (non-hydrogen) atoms. The maximum atomic E-state index is 12.2. The Hall–Kier alpha value is -0.610. The van der Waals surface area contributed by atoms with Crippen molar-refractivity contribution in [3.63, 3.8) is 0 Å². The van der Waals surface area contributed by atoms with Crippen molar-refractivity contribution in [2.24, 2.45) is 28.6 Å². The second kappa shape index (κ2) is 24.1. The molecule has 0 heterocycles. The Balaban J connectivity index is -0.000000231. The summed E-state index contributed by atoms with van der Waals surface area (Å²) in [5.41, 5.74) is 0.194. The molecule has 0 radical (unpaired) electrons. The summed E-state index contributed by atoms with van der Waals surface area (Å²) >= 11 is 0. The highest BCUT2D eigenvalue weighted by Gasteiger charge is 2.20. The summed E-state index contributed by atoms with van der Waals surface area (Å²) in [6.45, 7) is 31.8. The number of hydrogen-bond acceptors (Lipinski definition) is 3. The first-order chi connectivity index (χ1) is 15.5. The van der Waals surface area contributed by atoms with Gasteiger partial charge in [0.05, 0.1) is 0 Å². The third kappa shape index (κ3) is 31.4. The third-order valence-electron chi connectivity index (χ3n) is 5.59. The molecule has 0 aliphatic rings. The number of hydrogen-bond donors (Lipinski definition) is 2. The molecule has 0 rings (SSSR count). The molecule has 0 aliphatic heterocycles. The maximum Gasteiger partial charge on any atom is 0.222 e. The smallest absolute Gasteiger partial charge is 0.222 e. The van der Waals surface area contributed by atoms with E-state index in [2.05, 4.69) is 67.2 Å². The van der Waals surface area contributed by atoms with Gasteiger partial charge in [0.2, 0.25) is 5.91 Å². The lowest BCUT2D eigenvalue weighted by molar-refractivity contribution is -0.132. The Labute approximate surface area is 216 Å². The Morgan fingerprint density at radius 2 is 1.26 bits per heavy atom. The molecule has 4 nitrogen and oxygen atoms in total. The van der Waals surface area contributed by atoms with Crippen molar-refractivity contribution in [2.45, 2.75) is 135 Å². The maximum absolute atomic E-state index is 12.2. The summed E-state index contributed by atoms with van der Waals surface area (Å²) in [6, 6.07) is 0. The van der Waals surface area contributed by atoms with E-state index in [0.717, 1.165) is 44.7 Å². The lowest BCUT2D eigenvalue weighted by Crippen LogP contribution is -2.34.